The minimum Gasteiger partial charge on any atom is -0.394 e. The summed E-state index contributed by atoms with van der Waals surface area (Å²) < 4.78 is 22.7. The third kappa shape index (κ3) is 26.3. The van der Waals surface area contributed by atoms with E-state index < -0.39 is 86.8 Å². The molecule has 0 aliphatic carbocycles. The second kappa shape index (κ2) is 39.2. The van der Waals surface area contributed by atoms with E-state index in [2.05, 4.69) is 79.9 Å². The van der Waals surface area contributed by atoms with Crippen molar-refractivity contribution in [3.8, 4) is 0 Å². The van der Waals surface area contributed by atoms with E-state index in [1.807, 2.05) is 12.2 Å². The van der Waals surface area contributed by atoms with Gasteiger partial charge in [0.05, 0.1) is 32.0 Å². The highest BCUT2D eigenvalue weighted by molar-refractivity contribution is 5.76. The molecule has 2 aliphatic heterocycles. The van der Waals surface area contributed by atoms with Crippen LogP contribution >= 0.6 is 0 Å². The first-order valence-corrected chi connectivity index (χ1v) is 25.7. The summed E-state index contributed by atoms with van der Waals surface area (Å²) in [5, 5.41) is 86.8. The van der Waals surface area contributed by atoms with E-state index in [1.165, 1.54) is 64.2 Å². The lowest BCUT2D eigenvalue weighted by atomic mass is 9.97. The molecule has 2 saturated heterocycles. The van der Waals surface area contributed by atoms with Gasteiger partial charge in [-0.15, -0.1) is 0 Å². The lowest BCUT2D eigenvalue weighted by Crippen LogP contribution is -2.65. The second-order valence-corrected chi connectivity index (χ2v) is 17.9. The molecule has 2 rings (SSSR count). The van der Waals surface area contributed by atoms with Crippen molar-refractivity contribution in [1.29, 1.82) is 0 Å². The van der Waals surface area contributed by atoms with E-state index in [0.717, 1.165) is 64.2 Å². The number of allylic oxidation sites excluding steroid dienone is 12. The number of aliphatic hydroxyl groups excluding tert-OH is 8. The van der Waals surface area contributed by atoms with Crippen LogP contribution in [0.3, 0.4) is 0 Å². The first-order valence-electron chi connectivity index (χ1n) is 25.7. The van der Waals surface area contributed by atoms with Gasteiger partial charge in [0.2, 0.25) is 5.91 Å². The quantitative estimate of drug-likeness (QED) is 0.0229. The maximum absolute atomic E-state index is 13.2. The number of hydrogen-bond donors (Lipinski definition) is 9. The zero-order valence-corrected chi connectivity index (χ0v) is 40.9. The van der Waals surface area contributed by atoms with Gasteiger partial charge in [-0.1, -0.05) is 177 Å². The van der Waals surface area contributed by atoms with E-state index in [4.69, 9.17) is 18.9 Å². The molecule has 0 aromatic carbocycles. The van der Waals surface area contributed by atoms with Crippen LogP contribution in [-0.4, -0.2) is 140 Å². The molecule has 1 amide bonds. The van der Waals surface area contributed by atoms with Crippen LogP contribution in [0.1, 0.15) is 162 Å². The highest BCUT2D eigenvalue weighted by atomic mass is 16.7. The maximum Gasteiger partial charge on any atom is 0.220 e. The van der Waals surface area contributed by atoms with Crippen molar-refractivity contribution < 1.29 is 64.6 Å². The molecule has 14 heteroatoms. The van der Waals surface area contributed by atoms with Crippen LogP contribution in [-0.2, 0) is 23.7 Å². The minimum atomic E-state index is -1.79. The zero-order valence-electron chi connectivity index (χ0n) is 40.9. The fourth-order valence-corrected chi connectivity index (χ4v) is 8.02. The number of ether oxygens (including phenoxy) is 4. The molecule has 0 aromatic heterocycles. The molecule has 12 atom stereocenters. The third-order valence-corrected chi connectivity index (χ3v) is 12.2. The number of hydrogen-bond acceptors (Lipinski definition) is 13. The van der Waals surface area contributed by atoms with Crippen LogP contribution in [0, 0.1) is 0 Å². The average molecular weight is 950 g/mol. The predicted molar refractivity (Wildman–Crippen MR) is 263 cm³/mol. The van der Waals surface area contributed by atoms with Gasteiger partial charge in [-0.25, -0.2) is 0 Å². The lowest BCUT2D eigenvalue weighted by Gasteiger charge is -2.46. The summed E-state index contributed by atoms with van der Waals surface area (Å²) >= 11 is 0. The van der Waals surface area contributed by atoms with Gasteiger partial charge in [0.15, 0.2) is 12.6 Å². The monoisotopic (exact) mass is 950 g/mol. The van der Waals surface area contributed by atoms with Gasteiger partial charge in [-0.3, -0.25) is 4.79 Å². The molecule has 0 spiro atoms. The molecule has 9 N–H and O–H groups in total. The van der Waals surface area contributed by atoms with Crippen LogP contribution in [0.2, 0.25) is 0 Å². The number of rotatable bonds is 38. The Morgan fingerprint density at radius 2 is 1.00 bits per heavy atom. The first kappa shape index (κ1) is 60.6. The van der Waals surface area contributed by atoms with Crippen molar-refractivity contribution in [3.05, 3.63) is 72.9 Å². The van der Waals surface area contributed by atoms with Crippen molar-refractivity contribution in [3.63, 3.8) is 0 Å². The van der Waals surface area contributed by atoms with Crippen LogP contribution in [0.4, 0.5) is 0 Å². The highest BCUT2D eigenvalue weighted by Gasteiger charge is 2.51. The molecule has 2 fully saturated rings. The second-order valence-electron chi connectivity index (χ2n) is 17.9. The van der Waals surface area contributed by atoms with E-state index in [1.54, 1.807) is 0 Å². The smallest absolute Gasteiger partial charge is 0.220 e. The number of amides is 1. The Balaban J connectivity index is 1.87. The molecule has 67 heavy (non-hydrogen) atoms. The van der Waals surface area contributed by atoms with Crippen molar-refractivity contribution >= 4 is 5.91 Å². The van der Waals surface area contributed by atoms with Crippen molar-refractivity contribution in [2.75, 3.05) is 19.8 Å². The summed E-state index contributed by atoms with van der Waals surface area (Å²) in [7, 11) is 0. The van der Waals surface area contributed by atoms with Gasteiger partial charge in [-0.2, -0.15) is 0 Å². The van der Waals surface area contributed by atoms with Gasteiger partial charge in [0, 0.05) is 6.42 Å². The molecule has 0 radical (unpaired) electrons. The largest absolute Gasteiger partial charge is 0.394 e. The predicted octanol–water partition coefficient (Wildman–Crippen LogP) is 6.82. The molecule has 0 aromatic rings. The Hall–Kier alpha value is -2.57. The molecule has 12 unspecified atom stereocenters. The van der Waals surface area contributed by atoms with E-state index >= 15 is 0 Å². The van der Waals surface area contributed by atoms with Gasteiger partial charge >= 0.3 is 0 Å². The van der Waals surface area contributed by atoms with Gasteiger partial charge in [-0.05, 0) is 51.4 Å². The van der Waals surface area contributed by atoms with E-state index in [9.17, 15) is 45.6 Å². The summed E-state index contributed by atoms with van der Waals surface area (Å²) in [6.45, 7) is 2.67. The Bertz CT molecular complexity index is 1400. The zero-order chi connectivity index (χ0) is 48.9. The van der Waals surface area contributed by atoms with E-state index in [-0.39, 0.29) is 18.9 Å². The number of carbonyl (C=O) groups is 1. The molecule has 2 aliphatic rings. The fraction of sp³-hybridized carbons (Fsp3) is 0.755. The molecular weight excluding hydrogens is 859 g/mol. The SMILES string of the molecule is CC/C=C\C/C=C\C/C=C\C/C=C\C/C=C\C/C=C\CCC(=O)NC(COC1OC(CO)C(OC2OC(CO)C(O)C(O)C2O)C(O)C1O)C(O)CCCCCCCCCCCCCCCC. The van der Waals surface area contributed by atoms with Crippen LogP contribution < -0.4 is 5.32 Å². The topological polar surface area (TPSA) is 228 Å². The molecule has 386 valence electrons. The van der Waals surface area contributed by atoms with Crippen LogP contribution in [0.25, 0.3) is 0 Å². The first-order chi connectivity index (χ1) is 32.6. The maximum atomic E-state index is 13.2. The van der Waals surface area contributed by atoms with Crippen molar-refractivity contribution in [1.82, 2.24) is 5.32 Å². The lowest BCUT2D eigenvalue weighted by molar-refractivity contribution is -0.359. The van der Waals surface area contributed by atoms with Gasteiger partial charge < -0.3 is 65.1 Å². The fourth-order valence-electron chi connectivity index (χ4n) is 8.02. The van der Waals surface area contributed by atoms with Crippen LogP contribution in [0.15, 0.2) is 72.9 Å². The molecule has 0 bridgehead atoms. The molecule has 2 heterocycles. The Kier molecular flexibility index (Phi) is 35.4. The Morgan fingerprint density at radius 3 is 1.49 bits per heavy atom. The normalized spacial score (nSPS) is 27.2. The number of unbranched alkanes of at least 4 members (excludes halogenated alkanes) is 13. The van der Waals surface area contributed by atoms with Crippen molar-refractivity contribution in [2.24, 2.45) is 0 Å². The van der Waals surface area contributed by atoms with Gasteiger partial charge in [0.25, 0.3) is 0 Å². The molecule has 14 nitrogen and oxygen atoms in total. The minimum absolute atomic E-state index is 0.176. The third-order valence-electron chi connectivity index (χ3n) is 12.2. The van der Waals surface area contributed by atoms with Gasteiger partial charge in [0.1, 0.15) is 48.8 Å². The summed E-state index contributed by atoms with van der Waals surface area (Å²) in [6, 6.07) is -0.872. The highest BCUT2D eigenvalue weighted by Crippen LogP contribution is 2.30. The van der Waals surface area contributed by atoms with E-state index in [0.29, 0.717) is 12.8 Å². The molecular formula is C53H91NO13. The van der Waals surface area contributed by atoms with Crippen LogP contribution in [0.5, 0.6) is 0 Å². The molecule has 0 saturated carbocycles. The summed E-state index contributed by atoms with van der Waals surface area (Å²) in [5.74, 6) is -0.292. The summed E-state index contributed by atoms with van der Waals surface area (Å²) in [5.41, 5.74) is 0. The Morgan fingerprint density at radius 1 is 0.552 bits per heavy atom. The summed E-state index contributed by atoms with van der Waals surface area (Å²) in [4.78, 5) is 13.2. The average Bonchev–Trinajstić information content (AvgIpc) is 3.32. The standard InChI is InChI=1S/C53H91NO13/c1-3-5-7-9-11-13-15-17-19-20-21-22-23-25-27-29-31-33-35-37-45(58)54-41(42(57)36-34-32-30-28-26-24-18-16-14-12-10-8-6-4-2)40-64-52-50(63)48(61)51(44(39-56)66-52)67-53-49(62)47(60)46(59)43(38-55)65-53/h5,7,11,13,17,19,21-22,25,27,31,33,41-44,46-53,55-57,59-63H,3-4,6,8-10,12,14-16,18,20,23-24,26,28-30,32,34-40H2,1-2H3,(H,54,58)/b7-5-,13-11-,19-17-,22-21-,27-25-,33-31-. The number of carbonyl (C=O) groups excluding carboxylic acids is 1. The Labute approximate surface area is 402 Å². The number of nitrogens with one attached hydrogen (secondary N) is 1. The summed E-state index contributed by atoms with van der Waals surface area (Å²) in [6.07, 6.45) is 32.0. The van der Waals surface area contributed by atoms with Crippen molar-refractivity contribution in [2.45, 2.75) is 235 Å². The number of aliphatic hydroxyl groups is 8.